The predicted octanol–water partition coefficient (Wildman–Crippen LogP) is 5.00. The second kappa shape index (κ2) is 9.03. The zero-order chi connectivity index (χ0) is 21.0. The predicted molar refractivity (Wildman–Crippen MR) is 122 cm³/mol. The fraction of sp³-hybridized carbons (Fsp3) is 0.240. The van der Waals surface area contributed by atoms with E-state index in [0.717, 1.165) is 48.7 Å². The van der Waals surface area contributed by atoms with Crippen molar-refractivity contribution in [3.05, 3.63) is 107 Å². The first kappa shape index (κ1) is 20.0. The van der Waals surface area contributed by atoms with E-state index < -0.39 is 0 Å². The van der Waals surface area contributed by atoms with Crippen molar-refractivity contribution in [2.24, 2.45) is 0 Å². The topological polar surface area (TPSA) is 46.7 Å². The van der Waals surface area contributed by atoms with Crippen molar-refractivity contribution in [1.29, 1.82) is 5.26 Å². The van der Waals surface area contributed by atoms with E-state index in [4.69, 9.17) is 4.42 Å². The highest BCUT2D eigenvalue weighted by Gasteiger charge is 2.39. The van der Waals surface area contributed by atoms with Crippen molar-refractivity contribution in [2.45, 2.75) is 19.1 Å². The molecule has 0 N–H and O–H groups in total. The molecule has 2 aliphatic heterocycles. The summed E-state index contributed by atoms with van der Waals surface area (Å²) in [5, 5.41) is 11.2. The number of hydrogen-bond acceptors (Lipinski definition) is 6. The van der Waals surface area contributed by atoms with Crippen LogP contribution in [-0.4, -0.2) is 33.9 Å². The van der Waals surface area contributed by atoms with E-state index in [0.29, 0.717) is 0 Å². The largest absolute Gasteiger partial charge is 0.467 e. The highest BCUT2D eigenvalue weighted by atomic mass is 32.2. The van der Waals surface area contributed by atoms with Crippen LogP contribution in [0.2, 0.25) is 0 Å². The summed E-state index contributed by atoms with van der Waals surface area (Å²) in [7, 11) is 0. The van der Waals surface area contributed by atoms with Crippen LogP contribution in [0.25, 0.3) is 0 Å². The lowest BCUT2D eigenvalue weighted by Crippen LogP contribution is -2.50. The minimum atomic E-state index is -0.167. The van der Waals surface area contributed by atoms with Gasteiger partial charge in [0.15, 0.2) is 0 Å². The fourth-order valence-corrected chi connectivity index (χ4v) is 5.41. The summed E-state index contributed by atoms with van der Waals surface area (Å²) >= 11 is 1.76. The Hall–Kier alpha value is -2.98. The average Bonchev–Trinajstić information content (AvgIpc) is 3.34. The Morgan fingerprint density at radius 3 is 2.26 bits per heavy atom. The van der Waals surface area contributed by atoms with Crippen LogP contribution in [0.5, 0.6) is 0 Å². The molecule has 0 radical (unpaired) electrons. The monoisotopic (exact) mass is 428 g/mol. The van der Waals surface area contributed by atoms with Gasteiger partial charge in [-0.25, -0.2) is 0 Å². The maximum atomic E-state index is 10.2. The fourth-order valence-electron chi connectivity index (χ4n) is 4.32. The molecule has 1 aromatic heterocycles. The third-order valence-corrected chi connectivity index (χ3v) is 6.92. The van der Waals surface area contributed by atoms with Crippen LogP contribution >= 0.6 is 11.8 Å². The molecule has 3 heterocycles. The number of nitrogens with zero attached hydrogens (tertiary/aromatic N) is 4. The van der Waals surface area contributed by atoms with Gasteiger partial charge in [0.25, 0.3) is 0 Å². The lowest BCUT2D eigenvalue weighted by molar-refractivity contribution is 0.0566. The van der Waals surface area contributed by atoms with Crippen molar-refractivity contribution in [3.63, 3.8) is 0 Å². The SMILES string of the molecule is N#CC1=C2SCN(Cc3ccccc3)CN2CN(Cc2ccccc2)[C@H]1c1ccco1. The Bertz CT molecular complexity index is 1080. The molecule has 156 valence electrons. The summed E-state index contributed by atoms with van der Waals surface area (Å²) in [4.78, 5) is 7.09. The van der Waals surface area contributed by atoms with Gasteiger partial charge in [0.1, 0.15) is 11.8 Å². The van der Waals surface area contributed by atoms with Crippen LogP contribution in [-0.2, 0) is 13.1 Å². The molecule has 0 amide bonds. The Kier molecular flexibility index (Phi) is 5.81. The van der Waals surface area contributed by atoms with Crippen LogP contribution in [0.1, 0.15) is 22.9 Å². The molecule has 5 nitrogen and oxygen atoms in total. The number of furan rings is 1. The molecule has 0 bridgehead atoms. The van der Waals surface area contributed by atoms with Gasteiger partial charge in [0.05, 0.1) is 42.1 Å². The van der Waals surface area contributed by atoms with Gasteiger partial charge in [0, 0.05) is 13.1 Å². The average molecular weight is 429 g/mol. The summed E-state index contributed by atoms with van der Waals surface area (Å²) in [6, 6.07) is 27.2. The molecule has 6 heteroatoms. The van der Waals surface area contributed by atoms with Crippen LogP contribution < -0.4 is 0 Å². The Morgan fingerprint density at radius 2 is 1.61 bits per heavy atom. The highest BCUT2D eigenvalue weighted by molar-refractivity contribution is 8.03. The number of rotatable bonds is 5. The second-order valence-corrected chi connectivity index (χ2v) is 8.83. The molecule has 1 saturated heterocycles. The molecular formula is C25H24N4OS. The number of nitriles is 1. The van der Waals surface area contributed by atoms with Gasteiger partial charge in [-0.3, -0.25) is 9.80 Å². The lowest BCUT2D eigenvalue weighted by Gasteiger charge is -2.47. The van der Waals surface area contributed by atoms with Crippen molar-refractivity contribution < 1.29 is 4.42 Å². The second-order valence-electron chi connectivity index (χ2n) is 7.89. The zero-order valence-corrected chi connectivity index (χ0v) is 18.0. The number of thioether (sulfide) groups is 1. The Balaban J connectivity index is 1.44. The zero-order valence-electron chi connectivity index (χ0n) is 17.2. The van der Waals surface area contributed by atoms with Crippen LogP contribution in [0.3, 0.4) is 0 Å². The number of fused-ring (bicyclic) bond motifs is 1. The van der Waals surface area contributed by atoms with Crippen LogP contribution in [0.4, 0.5) is 0 Å². The molecular weight excluding hydrogens is 404 g/mol. The maximum absolute atomic E-state index is 10.2. The quantitative estimate of drug-likeness (QED) is 0.570. The molecule has 0 saturated carbocycles. The van der Waals surface area contributed by atoms with Gasteiger partial charge in [-0.05, 0) is 23.3 Å². The van der Waals surface area contributed by atoms with E-state index in [1.54, 1.807) is 18.0 Å². The van der Waals surface area contributed by atoms with Gasteiger partial charge in [-0.1, -0.05) is 72.4 Å². The number of benzene rings is 2. The minimum Gasteiger partial charge on any atom is -0.467 e. The van der Waals surface area contributed by atoms with E-state index in [1.165, 1.54) is 11.1 Å². The number of hydrogen-bond donors (Lipinski definition) is 0. The lowest BCUT2D eigenvalue weighted by atomic mass is 10.0. The summed E-state index contributed by atoms with van der Waals surface area (Å²) in [5.74, 6) is 1.70. The van der Waals surface area contributed by atoms with Gasteiger partial charge in [-0.15, -0.1) is 0 Å². The first-order valence-electron chi connectivity index (χ1n) is 10.4. The van der Waals surface area contributed by atoms with Gasteiger partial charge in [-0.2, -0.15) is 5.26 Å². The Labute approximate surface area is 187 Å². The third kappa shape index (κ3) is 4.26. The van der Waals surface area contributed by atoms with Crippen molar-refractivity contribution in [3.8, 4) is 6.07 Å². The third-order valence-electron chi connectivity index (χ3n) is 5.67. The van der Waals surface area contributed by atoms with Crippen molar-refractivity contribution in [1.82, 2.24) is 14.7 Å². The normalized spacial score (nSPS) is 19.8. The van der Waals surface area contributed by atoms with Gasteiger partial charge in [0.2, 0.25) is 0 Å². The molecule has 2 aromatic carbocycles. The first-order chi connectivity index (χ1) is 15.3. The minimum absolute atomic E-state index is 0.167. The van der Waals surface area contributed by atoms with Crippen molar-refractivity contribution >= 4 is 11.8 Å². The van der Waals surface area contributed by atoms with Crippen LogP contribution in [0, 0.1) is 11.3 Å². The van der Waals surface area contributed by atoms with E-state index in [9.17, 15) is 5.26 Å². The summed E-state index contributed by atoms with van der Waals surface area (Å²) in [6.07, 6.45) is 1.69. The van der Waals surface area contributed by atoms with E-state index in [2.05, 4.69) is 75.4 Å². The molecule has 5 rings (SSSR count). The van der Waals surface area contributed by atoms with E-state index in [-0.39, 0.29) is 6.04 Å². The highest BCUT2D eigenvalue weighted by Crippen LogP contribution is 2.42. The molecule has 0 spiro atoms. The van der Waals surface area contributed by atoms with E-state index in [1.807, 2.05) is 18.2 Å². The molecule has 0 unspecified atom stereocenters. The van der Waals surface area contributed by atoms with Gasteiger partial charge < -0.3 is 9.32 Å². The molecule has 31 heavy (non-hydrogen) atoms. The Morgan fingerprint density at radius 1 is 0.903 bits per heavy atom. The van der Waals surface area contributed by atoms with Gasteiger partial charge >= 0.3 is 0 Å². The molecule has 2 aliphatic rings. The standard InChI is InChI=1S/C25H24N4OS/c26-14-22-24(23-12-7-13-30-23)28(16-21-10-5-2-6-11-21)18-29-17-27(19-31-25(22)29)15-20-8-3-1-4-9-20/h1-13,24H,15-19H2/t24-/m1/s1. The summed E-state index contributed by atoms with van der Waals surface area (Å²) in [5.41, 5.74) is 3.31. The maximum Gasteiger partial charge on any atom is 0.126 e. The molecule has 0 aliphatic carbocycles. The summed E-state index contributed by atoms with van der Waals surface area (Å²) in [6.45, 7) is 3.21. The van der Waals surface area contributed by atoms with E-state index >= 15 is 0 Å². The molecule has 1 atom stereocenters. The summed E-state index contributed by atoms with van der Waals surface area (Å²) < 4.78 is 5.79. The molecule has 1 fully saturated rings. The first-order valence-corrected chi connectivity index (χ1v) is 11.4. The molecule has 3 aromatic rings. The van der Waals surface area contributed by atoms with Crippen LogP contribution in [0.15, 0.2) is 94.1 Å². The smallest absolute Gasteiger partial charge is 0.126 e. The van der Waals surface area contributed by atoms with Crippen molar-refractivity contribution in [2.75, 3.05) is 19.2 Å².